The summed E-state index contributed by atoms with van der Waals surface area (Å²) in [5.41, 5.74) is 1.19. The molecule has 1 saturated carbocycles. The fourth-order valence-electron chi connectivity index (χ4n) is 1.65. The molecule has 0 spiro atoms. The highest BCUT2D eigenvalue weighted by atomic mass is 16.5. The first-order valence-corrected chi connectivity index (χ1v) is 5.43. The first-order valence-electron chi connectivity index (χ1n) is 5.43. The number of hydrogen-bond acceptors (Lipinski definition) is 3. The summed E-state index contributed by atoms with van der Waals surface area (Å²) in [4.78, 5) is 11.0. The van der Waals surface area contributed by atoms with E-state index in [1.165, 1.54) is 13.5 Å². The Morgan fingerprint density at radius 2 is 2.20 bits per heavy atom. The average molecular weight is 211 g/mol. The lowest BCUT2D eigenvalue weighted by Crippen LogP contribution is -2.19. The summed E-state index contributed by atoms with van der Waals surface area (Å²) in [5.74, 6) is 0.549. The topological polar surface area (TPSA) is 38.3 Å². The highest BCUT2D eigenvalue weighted by Gasteiger charge is 2.44. The zero-order valence-electron chi connectivity index (χ0n) is 10.1. The van der Waals surface area contributed by atoms with Gasteiger partial charge >= 0.3 is 5.97 Å². The summed E-state index contributed by atoms with van der Waals surface area (Å²) in [6, 6.07) is 0. The van der Waals surface area contributed by atoms with E-state index in [0.717, 1.165) is 19.0 Å². The highest BCUT2D eigenvalue weighted by Crippen LogP contribution is 2.50. The summed E-state index contributed by atoms with van der Waals surface area (Å²) < 4.78 is 4.60. The van der Waals surface area contributed by atoms with Gasteiger partial charge in [0.1, 0.15) is 0 Å². The predicted octanol–water partition coefficient (Wildman–Crippen LogP) is 1.74. The SMILES string of the molecule is COC(=O)C(C)=CCNCC1CC1(C)C. The number of ether oxygens (including phenoxy) is 1. The van der Waals surface area contributed by atoms with Crippen LogP contribution in [-0.4, -0.2) is 26.2 Å². The molecule has 3 heteroatoms. The van der Waals surface area contributed by atoms with Crippen molar-refractivity contribution in [2.24, 2.45) is 11.3 Å². The fraction of sp³-hybridized carbons (Fsp3) is 0.750. The van der Waals surface area contributed by atoms with Crippen LogP contribution in [0.15, 0.2) is 11.6 Å². The molecule has 1 atom stereocenters. The van der Waals surface area contributed by atoms with E-state index in [-0.39, 0.29) is 5.97 Å². The van der Waals surface area contributed by atoms with Crippen LogP contribution in [0.5, 0.6) is 0 Å². The van der Waals surface area contributed by atoms with Crippen LogP contribution in [0, 0.1) is 11.3 Å². The van der Waals surface area contributed by atoms with Gasteiger partial charge in [0.2, 0.25) is 0 Å². The molecular formula is C12H21NO2. The molecule has 0 aromatic heterocycles. The molecule has 1 unspecified atom stereocenters. The highest BCUT2D eigenvalue weighted by molar-refractivity contribution is 5.87. The molecule has 1 aliphatic rings. The number of nitrogens with one attached hydrogen (secondary N) is 1. The van der Waals surface area contributed by atoms with Gasteiger partial charge in [-0.3, -0.25) is 0 Å². The van der Waals surface area contributed by atoms with Crippen LogP contribution in [-0.2, 0) is 9.53 Å². The second-order valence-electron chi connectivity index (χ2n) is 4.93. The molecular weight excluding hydrogens is 190 g/mol. The number of carbonyl (C=O) groups excluding carboxylic acids is 1. The molecule has 1 aliphatic carbocycles. The van der Waals surface area contributed by atoms with Crippen LogP contribution in [0.3, 0.4) is 0 Å². The summed E-state index contributed by atoms with van der Waals surface area (Å²) >= 11 is 0. The summed E-state index contributed by atoms with van der Waals surface area (Å²) in [6.45, 7) is 8.13. The molecule has 0 aliphatic heterocycles. The number of methoxy groups -OCH3 is 1. The van der Waals surface area contributed by atoms with Gasteiger partial charge in [0.05, 0.1) is 7.11 Å². The maximum Gasteiger partial charge on any atom is 0.333 e. The molecule has 1 N–H and O–H groups in total. The van der Waals surface area contributed by atoms with Crippen molar-refractivity contribution >= 4 is 5.97 Å². The molecule has 0 aromatic rings. The lowest BCUT2D eigenvalue weighted by molar-refractivity contribution is -0.136. The molecule has 15 heavy (non-hydrogen) atoms. The van der Waals surface area contributed by atoms with Gasteiger partial charge < -0.3 is 10.1 Å². The average Bonchev–Trinajstić information content (AvgIpc) is 2.79. The zero-order valence-corrected chi connectivity index (χ0v) is 10.1. The Balaban J connectivity index is 2.14. The second-order valence-corrected chi connectivity index (χ2v) is 4.93. The second kappa shape index (κ2) is 4.79. The normalized spacial score (nSPS) is 23.7. The Morgan fingerprint density at radius 3 is 2.67 bits per heavy atom. The molecule has 86 valence electrons. The van der Waals surface area contributed by atoms with Crippen LogP contribution in [0.2, 0.25) is 0 Å². The number of hydrogen-bond donors (Lipinski definition) is 1. The van der Waals surface area contributed by atoms with E-state index >= 15 is 0 Å². The predicted molar refractivity (Wildman–Crippen MR) is 60.5 cm³/mol. The molecule has 0 saturated heterocycles. The first kappa shape index (κ1) is 12.2. The van der Waals surface area contributed by atoms with Crippen molar-refractivity contribution in [1.82, 2.24) is 5.32 Å². The molecule has 0 amide bonds. The number of esters is 1. The minimum absolute atomic E-state index is 0.247. The molecule has 0 radical (unpaired) electrons. The standard InChI is InChI=1S/C12H21NO2/c1-9(11(14)15-4)5-6-13-8-10-7-12(10,2)3/h5,10,13H,6-8H2,1-4H3. The number of carbonyl (C=O) groups is 1. The third-order valence-corrected chi connectivity index (χ3v) is 3.17. The number of rotatable bonds is 5. The largest absolute Gasteiger partial charge is 0.466 e. The Hall–Kier alpha value is -0.830. The van der Waals surface area contributed by atoms with Crippen LogP contribution in [0.25, 0.3) is 0 Å². The van der Waals surface area contributed by atoms with E-state index in [1.54, 1.807) is 6.92 Å². The van der Waals surface area contributed by atoms with Gasteiger partial charge in [-0.2, -0.15) is 0 Å². The Labute approximate surface area is 91.9 Å². The van der Waals surface area contributed by atoms with Crippen molar-refractivity contribution in [1.29, 1.82) is 0 Å². The maximum absolute atomic E-state index is 11.0. The van der Waals surface area contributed by atoms with Crippen molar-refractivity contribution in [2.75, 3.05) is 20.2 Å². The van der Waals surface area contributed by atoms with E-state index in [2.05, 4.69) is 23.9 Å². The van der Waals surface area contributed by atoms with Gasteiger partial charge in [-0.25, -0.2) is 4.79 Å². The van der Waals surface area contributed by atoms with Crippen LogP contribution < -0.4 is 5.32 Å². The monoisotopic (exact) mass is 211 g/mol. The van der Waals surface area contributed by atoms with Crippen molar-refractivity contribution in [2.45, 2.75) is 27.2 Å². The lowest BCUT2D eigenvalue weighted by Gasteiger charge is -2.04. The van der Waals surface area contributed by atoms with E-state index in [0.29, 0.717) is 11.0 Å². The van der Waals surface area contributed by atoms with Crippen molar-refractivity contribution < 1.29 is 9.53 Å². The third-order valence-electron chi connectivity index (χ3n) is 3.17. The molecule has 1 fully saturated rings. The Bertz CT molecular complexity index is 269. The maximum atomic E-state index is 11.0. The first-order chi connectivity index (χ1) is 6.97. The quantitative estimate of drug-likeness (QED) is 0.427. The molecule has 0 heterocycles. The van der Waals surface area contributed by atoms with Gasteiger partial charge in [-0.05, 0) is 31.2 Å². The Kier molecular flexibility index (Phi) is 3.91. The molecule has 0 bridgehead atoms. The summed E-state index contributed by atoms with van der Waals surface area (Å²) in [7, 11) is 1.40. The van der Waals surface area contributed by atoms with Gasteiger partial charge in [-0.15, -0.1) is 0 Å². The minimum atomic E-state index is -0.247. The van der Waals surface area contributed by atoms with E-state index < -0.39 is 0 Å². The van der Waals surface area contributed by atoms with E-state index in [4.69, 9.17) is 0 Å². The molecule has 1 rings (SSSR count). The minimum Gasteiger partial charge on any atom is -0.466 e. The van der Waals surface area contributed by atoms with Crippen LogP contribution >= 0.6 is 0 Å². The fourth-order valence-corrected chi connectivity index (χ4v) is 1.65. The summed E-state index contributed by atoms with van der Waals surface area (Å²) in [6.07, 6.45) is 3.18. The zero-order chi connectivity index (χ0) is 11.5. The van der Waals surface area contributed by atoms with Crippen LogP contribution in [0.1, 0.15) is 27.2 Å². The van der Waals surface area contributed by atoms with Crippen molar-refractivity contribution in [3.05, 3.63) is 11.6 Å². The molecule has 0 aromatic carbocycles. The van der Waals surface area contributed by atoms with Crippen molar-refractivity contribution in [3.63, 3.8) is 0 Å². The van der Waals surface area contributed by atoms with Gasteiger partial charge in [0, 0.05) is 12.1 Å². The van der Waals surface area contributed by atoms with Crippen molar-refractivity contribution in [3.8, 4) is 0 Å². The smallest absolute Gasteiger partial charge is 0.333 e. The van der Waals surface area contributed by atoms with Gasteiger partial charge in [0.15, 0.2) is 0 Å². The lowest BCUT2D eigenvalue weighted by atomic mass is 10.1. The summed E-state index contributed by atoms with van der Waals surface area (Å²) in [5, 5.41) is 3.33. The van der Waals surface area contributed by atoms with Gasteiger partial charge in [0.25, 0.3) is 0 Å². The van der Waals surface area contributed by atoms with E-state index in [1.807, 2.05) is 6.08 Å². The van der Waals surface area contributed by atoms with Gasteiger partial charge in [-0.1, -0.05) is 19.9 Å². The third kappa shape index (κ3) is 3.67. The van der Waals surface area contributed by atoms with E-state index in [9.17, 15) is 4.79 Å². The Morgan fingerprint density at radius 1 is 1.60 bits per heavy atom. The molecule has 3 nitrogen and oxygen atoms in total. The van der Waals surface area contributed by atoms with Crippen LogP contribution in [0.4, 0.5) is 0 Å².